The molecule has 1 unspecified atom stereocenters. The molecular formula is C14H18BrClFN3OS. The van der Waals surface area contributed by atoms with E-state index in [1.165, 1.54) is 6.07 Å². The number of hydrogen-bond acceptors (Lipinski definition) is 4. The maximum atomic E-state index is 13.8. The summed E-state index contributed by atoms with van der Waals surface area (Å²) < 4.78 is 14.0. The summed E-state index contributed by atoms with van der Waals surface area (Å²) in [6.07, 6.45) is 2.96. The molecule has 1 aliphatic heterocycles. The van der Waals surface area contributed by atoms with Crippen LogP contribution in [0, 0.1) is 11.2 Å². The first-order chi connectivity index (χ1) is 9.88. The molecule has 0 bridgehead atoms. The summed E-state index contributed by atoms with van der Waals surface area (Å²) in [5.74, 6) is -0.179. The highest BCUT2D eigenvalue weighted by atomic mass is 79.9. The Morgan fingerprint density at radius 2 is 2.36 bits per heavy atom. The molecule has 4 atom stereocenters. The Kier molecular flexibility index (Phi) is 5.12. The summed E-state index contributed by atoms with van der Waals surface area (Å²) in [6, 6.07) is 1.38. The quantitative estimate of drug-likeness (QED) is 0.749. The Balaban J connectivity index is 0.00000176. The van der Waals surface area contributed by atoms with Crippen LogP contribution in [0.1, 0.15) is 30.5 Å². The van der Waals surface area contributed by atoms with E-state index < -0.39 is 6.04 Å². The van der Waals surface area contributed by atoms with Gasteiger partial charge in [0, 0.05) is 17.7 Å². The van der Waals surface area contributed by atoms with E-state index in [0.717, 1.165) is 17.7 Å². The van der Waals surface area contributed by atoms with Crippen LogP contribution in [0.5, 0.6) is 0 Å². The molecule has 1 aromatic rings. The van der Waals surface area contributed by atoms with Crippen LogP contribution in [0.4, 0.5) is 4.39 Å². The molecule has 2 aliphatic rings. The largest absolute Gasteiger partial charge is 0.368 e. The molecule has 8 heteroatoms. The van der Waals surface area contributed by atoms with Crippen molar-refractivity contribution in [2.24, 2.45) is 11.1 Å². The van der Waals surface area contributed by atoms with E-state index in [0.29, 0.717) is 11.8 Å². The number of halogens is 3. The third kappa shape index (κ3) is 2.77. The molecule has 2 heterocycles. The van der Waals surface area contributed by atoms with Crippen LogP contribution in [0.25, 0.3) is 0 Å². The van der Waals surface area contributed by atoms with Crippen LogP contribution in [-0.2, 0) is 10.5 Å². The zero-order chi connectivity index (χ0) is 15.4. The zero-order valence-corrected chi connectivity index (χ0v) is 15.4. The molecule has 22 heavy (non-hydrogen) atoms. The average molecular weight is 411 g/mol. The second kappa shape index (κ2) is 6.26. The van der Waals surface area contributed by atoms with Crippen molar-refractivity contribution in [1.29, 1.82) is 0 Å². The van der Waals surface area contributed by atoms with Gasteiger partial charge in [0.1, 0.15) is 4.60 Å². The van der Waals surface area contributed by atoms with Gasteiger partial charge in [0.2, 0.25) is 5.91 Å². The first-order valence-electron chi connectivity index (χ1n) is 6.77. The number of carbonyl (C=O) groups is 1. The number of aromatic nitrogens is 1. The number of rotatable bonds is 4. The molecule has 122 valence electrons. The number of nitrogens with two attached hydrogens (primary N) is 1. The fourth-order valence-corrected chi connectivity index (χ4v) is 4.29. The third-order valence-electron chi connectivity index (χ3n) is 4.65. The smallest absolute Gasteiger partial charge is 0.235 e. The van der Waals surface area contributed by atoms with Crippen LogP contribution in [0.3, 0.4) is 0 Å². The lowest BCUT2D eigenvalue weighted by atomic mass is 9.82. The van der Waals surface area contributed by atoms with E-state index in [9.17, 15) is 9.18 Å². The SMILES string of the molecule is CSCc1cc(F)c(Br)nc1[C@H]1C(C(N)=O)N[C@@H]2C[C@@]21C.Cl. The maximum absolute atomic E-state index is 13.8. The number of primary amides is 1. The summed E-state index contributed by atoms with van der Waals surface area (Å²) in [5, 5.41) is 3.29. The Labute approximate surface area is 147 Å². The van der Waals surface area contributed by atoms with Crippen LogP contribution in [0.2, 0.25) is 0 Å². The maximum Gasteiger partial charge on any atom is 0.235 e. The predicted octanol–water partition coefficient (Wildman–Crippen LogP) is 2.59. The minimum Gasteiger partial charge on any atom is -0.368 e. The molecular weight excluding hydrogens is 393 g/mol. The zero-order valence-electron chi connectivity index (χ0n) is 12.2. The molecule has 0 aromatic carbocycles. The molecule has 1 amide bonds. The highest BCUT2D eigenvalue weighted by molar-refractivity contribution is 9.10. The molecule has 1 aliphatic carbocycles. The summed E-state index contributed by atoms with van der Waals surface area (Å²) >= 11 is 4.76. The number of thioether (sulfide) groups is 1. The lowest BCUT2D eigenvalue weighted by molar-refractivity contribution is -0.120. The van der Waals surface area contributed by atoms with Gasteiger partial charge in [0.25, 0.3) is 0 Å². The molecule has 4 nitrogen and oxygen atoms in total. The lowest BCUT2D eigenvalue weighted by Crippen LogP contribution is -2.43. The summed E-state index contributed by atoms with van der Waals surface area (Å²) in [4.78, 5) is 16.2. The number of amides is 1. The topological polar surface area (TPSA) is 68.0 Å². The Morgan fingerprint density at radius 1 is 1.68 bits per heavy atom. The van der Waals surface area contributed by atoms with E-state index in [1.807, 2.05) is 6.26 Å². The van der Waals surface area contributed by atoms with Crippen molar-refractivity contribution in [2.45, 2.75) is 37.1 Å². The number of fused-ring (bicyclic) bond motifs is 1. The van der Waals surface area contributed by atoms with Crippen molar-refractivity contribution < 1.29 is 9.18 Å². The molecule has 0 radical (unpaired) electrons. The van der Waals surface area contributed by atoms with Gasteiger partial charge < -0.3 is 11.1 Å². The van der Waals surface area contributed by atoms with Gasteiger partial charge in [-0.3, -0.25) is 4.79 Å². The molecule has 3 rings (SSSR count). The number of pyridine rings is 1. The van der Waals surface area contributed by atoms with E-state index in [4.69, 9.17) is 5.73 Å². The highest BCUT2D eigenvalue weighted by Gasteiger charge is 2.65. The van der Waals surface area contributed by atoms with E-state index in [2.05, 4.69) is 33.2 Å². The highest BCUT2D eigenvalue weighted by Crippen LogP contribution is 2.61. The van der Waals surface area contributed by atoms with Crippen molar-refractivity contribution in [3.05, 3.63) is 27.7 Å². The van der Waals surface area contributed by atoms with Crippen molar-refractivity contribution in [3.63, 3.8) is 0 Å². The molecule has 1 aromatic heterocycles. The fourth-order valence-electron chi connectivity index (χ4n) is 3.44. The van der Waals surface area contributed by atoms with Crippen molar-refractivity contribution in [1.82, 2.24) is 10.3 Å². The van der Waals surface area contributed by atoms with Gasteiger partial charge in [-0.2, -0.15) is 11.8 Å². The van der Waals surface area contributed by atoms with Crippen LogP contribution in [-0.4, -0.2) is 29.2 Å². The van der Waals surface area contributed by atoms with Gasteiger partial charge in [0.05, 0.1) is 11.7 Å². The van der Waals surface area contributed by atoms with Crippen LogP contribution >= 0.6 is 40.1 Å². The predicted molar refractivity (Wildman–Crippen MR) is 91.7 cm³/mol. The Bertz CT molecular complexity index is 620. The van der Waals surface area contributed by atoms with Gasteiger partial charge in [0.15, 0.2) is 5.82 Å². The molecule has 0 spiro atoms. The summed E-state index contributed by atoms with van der Waals surface area (Å²) in [7, 11) is 0. The Morgan fingerprint density at radius 3 is 2.95 bits per heavy atom. The van der Waals surface area contributed by atoms with Gasteiger partial charge >= 0.3 is 0 Å². The van der Waals surface area contributed by atoms with Crippen molar-refractivity contribution >= 4 is 46.0 Å². The van der Waals surface area contributed by atoms with Crippen LogP contribution < -0.4 is 11.1 Å². The summed E-state index contributed by atoms with van der Waals surface area (Å²) in [6.45, 7) is 2.14. The van der Waals surface area contributed by atoms with Gasteiger partial charge in [-0.15, -0.1) is 12.4 Å². The summed E-state index contributed by atoms with van der Waals surface area (Å²) in [5.41, 5.74) is 7.15. The number of carbonyl (C=O) groups excluding carboxylic acids is 1. The fraction of sp³-hybridized carbons (Fsp3) is 0.571. The third-order valence-corrected chi connectivity index (χ3v) is 5.81. The minimum atomic E-state index is -0.431. The van der Waals surface area contributed by atoms with E-state index in [1.54, 1.807) is 11.8 Å². The molecule has 1 saturated carbocycles. The normalized spacial score (nSPS) is 32.3. The molecule has 2 fully saturated rings. The standard InChI is InChI=1S/C14H17BrFN3OS.ClH/c1-14-4-8(14)18-11(13(17)20)9(14)10-6(5-21-2)3-7(16)12(15)19-10;/h3,8-9,11,18H,4-5H2,1-2H3,(H2,17,20);1H/t8-,9+,11?,14+;/m1./s1. The number of hydrogen-bond donors (Lipinski definition) is 2. The van der Waals surface area contributed by atoms with E-state index in [-0.39, 0.29) is 40.1 Å². The van der Waals surface area contributed by atoms with Gasteiger partial charge in [-0.1, -0.05) is 6.92 Å². The second-order valence-corrected chi connectivity index (χ2v) is 7.64. The second-order valence-electron chi connectivity index (χ2n) is 6.03. The molecule has 3 N–H and O–H groups in total. The number of nitrogens with one attached hydrogen (secondary N) is 1. The molecule has 1 saturated heterocycles. The Hall–Kier alpha value is -0.370. The van der Waals surface area contributed by atoms with Crippen molar-refractivity contribution in [2.75, 3.05) is 6.26 Å². The van der Waals surface area contributed by atoms with Gasteiger partial charge in [-0.25, -0.2) is 9.37 Å². The lowest BCUT2D eigenvalue weighted by Gasteiger charge is -2.26. The average Bonchev–Trinajstić information content (AvgIpc) is 2.97. The first kappa shape index (κ1) is 18.0. The number of nitrogens with zero attached hydrogens (tertiary/aromatic N) is 1. The van der Waals surface area contributed by atoms with Crippen LogP contribution in [0.15, 0.2) is 10.7 Å². The van der Waals surface area contributed by atoms with Crippen molar-refractivity contribution in [3.8, 4) is 0 Å². The van der Waals surface area contributed by atoms with Gasteiger partial charge in [-0.05, 0) is 45.7 Å². The first-order valence-corrected chi connectivity index (χ1v) is 8.96. The monoisotopic (exact) mass is 409 g/mol. The van der Waals surface area contributed by atoms with E-state index >= 15 is 0 Å². The number of piperidine rings is 1. The minimum absolute atomic E-state index is 0.